The predicted octanol–water partition coefficient (Wildman–Crippen LogP) is 13.1. The van der Waals surface area contributed by atoms with Crippen molar-refractivity contribution < 1.29 is 0 Å². The Kier molecular flexibility index (Phi) is 7.27. The molecule has 8 aromatic rings. The van der Waals surface area contributed by atoms with E-state index in [1.807, 2.05) is 0 Å². The van der Waals surface area contributed by atoms with E-state index in [-0.39, 0.29) is 0 Å². The molecular weight excluding hydrogens is 615 g/mol. The molecule has 0 spiro atoms. The number of nitrogens with zero attached hydrogens (tertiary/aromatic N) is 1. The Morgan fingerprint density at radius 3 is 1.45 bits per heavy atom. The predicted molar refractivity (Wildman–Crippen MR) is 218 cm³/mol. The van der Waals surface area contributed by atoms with Crippen LogP contribution >= 0.6 is 0 Å². The molecule has 51 heavy (non-hydrogen) atoms. The molecule has 7 aromatic carbocycles. The smallest absolute Gasteiger partial charge is 0.0494 e. The van der Waals surface area contributed by atoms with Crippen LogP contribution < -0.4 is 0 Å². The Balaban J connectivity index is 1.13. The van der Waals surface area contributed by atoms with Crippen LogP contribution in [0.1, 0.15) is 70.8 Å². The molecule has 10 rings (SSSR count). The molecule has 2 unspecified atom stereocenters. The largest absolute Gasteiger partial charge is 0.310 e. The maximum Gasteiger partial charge on any atom is 0.0494 e. The highest BCUT2D eigenvalue weighted by Gasteiger charge is 2.31. The van der Waals surface area contributed by atoms with Crippen molar-refractivity contribution in [3.8, 4) is 5.69 Å². The highest BCUT2D eigenvalue weighted by atomic mass is 15.0. The average molecular weight is 656 g/mol. The van der Waals surface area contributed by atoms with E-state index in [1.165, 1.54) is 101 Å². The van der Waals surface area contributed by atoms with Crippen molar-refractivity contribution in [1.29, 1.82) is 0 Å². The van der Waals surface area contributed by atoms with Gasteiger partial charge in [-0.1, -0.05) is 135 Å². The van der Waals surface area contributed by atoms with E-state index in [1.54, 1.807) is 0 Å². The average Bonchev–Trinajstić information content (AvgIpc) is 3.52. The molecule has 2 aliphatic rings. The van der Waals surface area contributed by atoms with Crippen LogP contribution in [0.4, 0.5) is 0 Å². The van der Waals surface area contributed by atoms with Crippen LogP contribution in [-0.2, 0) is 19.3 Å². The summed E-state index contributed by atoms with van der Waals surface area (Å²) in [6, 6.07) is 50.0. The molecule has 1 nitrogen and oxygen atoms in total. The van der Waals surface area contributed by atoms with Gasteiger partial charge >= 0.3 is 0 Å². The molecule has 2 atom stereocenters. The lowest BCUT2D eigenvalue weighted by molar-refractivity contribution is 0.790. The van der Waals surface area contributed by atoms with E-state index >= 15 is 0 Å². The van der Waals surface area contributed by atoms with Crippen molar-refractivity contribution in [2.24, 2.45) is 0 Å². The number of fused-ring (bicyclic) bond motifs is 9. The molecule has 2 aliphatic carbocycles. The highest BCUT2D eigenvalue weighted by molar-refractivity contribution is 6.10. The van der Waals surface area contributed by atoms with Gasteiger partial charge in [0, 0.05) is 28.9 Å². The van der Waals surface area contributed by atoms with Gasteiger partial charge in [0.2, 0.25) is 0 Å². The number of rotatable bonds is 6. The molecule has 0 bridgehead atoms. The Morgan fingerprint density at radius 2 is 0.961 bits per heavy atom. The molecule has 1 aromatic heterocycles. The molecule has 0 aliphatic heterocycles. The summed E-state index contributed by atoms with van der Waals surface area (Å²) in [6.07, 6.45) is 15.4. The minimum Gasteiger partial charge on any atom is -0.310 e. The van der Waals surface area contributed by atoms with Crippen LogP contribution in [0.25, 0.3) is 60.9 Å². The van der Waals surface area contributed by atoms with Crippen molar-refractivity contribution in [3.63, 3.8) is 0 Å². The van der Waals surface area contributed by atoms with Gasteiger partial charge in [0.05, 0.1) is 0 Å². The molecule has 0 amide bonds. The van der Waals surface area contributed by atoms with E-state index in [0.717, 1.165) is 19.3 Å². The lowest BCUT2D eigenvalue weighted by Gasteiger charge is -2.24. The third-order valence-electron chi connectivity index (χ3n) is 11.7. The zero-order chi connectivity index (χ0) is 33.9. The van der Waals surface area contributed by atoms with Gasteiger partial charge in [0.15, 0.2) is 0 Å². The summed E-state index contributed by atoms with van der Waals surface area (Å²) in [6.45, 7) is 2.27. The van der Waals surface area contributed by atoms with Gasteiger partial charge in [-0.25, -0.2) is 0 Å². The lowest BCUT2D eigenvalue weighted by atomic mass is 9.79. The molecule has 0 fully saturated rings. The SMILES string of the molecule is CCCCc1ccc(-n2c3c(c4c2C=CC(c2cc5ccccc5c5ccccc25)C4)CC(c2cc4ccccc4c4ccccc24)C=C3)cc1. The summed E-state index contributed by atoms with van der Waals surface area (Å²) in [5.74, 6) is 0.600. The molecule has 0 N–H and O–H groups in total. The van der Waals surface area contributed by atoms with Crippen LogP contribution in [0.3, 0.4) is 0 Å². The van der Waals surface area contributed by atoms with Crippen LogP contribution in [0, 0.1) is 0 Å². The zero-order valence-corrected chi connectivity index (χ0v) is 29.1. The van der Waals surface area contributed by atoms with Gasteiger partial charge in [-0.2, -0.15) is 0 Å². The number of benzene rings is 7. The van der Waals surface area contributed by atoms with Gasteiger partial charge < -0.3 is 4.57 Å². The van der Waals surface area contributed by atoms with E-state index in [0.29, 0.717) is 11.8 Å². The quantitative estimate of drug-likeness (QED) is 0.157. The maximum absolute atomic E-state index is 2.55. The maximum atomic E-state index is 2.55. The summed E-state index contributed by atoms with van der Waals surface area (Å²) < 4.78 is 2.55. The Labute approximate surface area is 300 Å². The van der Waals surface area contributed by atoms with Crippen molar-refractivity contribution >= 4 is 55.2 Å². The Morgan fingerprint density at radius 1 is 0.510 bits per heavy atom. The number of allylic oxidation sites excluding steroid dienone is 2. The number of hydrogen-bond acceptors (Lipinski definition) is 0. The summed E-state index contributed by atoms with van der Waals surface area (Å²) in [4.78, 5) is 0. The Bertz CT molecular complexity index is 2520. The number of hydrogen-bond donors (Lipinski definition) is 0. The first kappa shape index (κ1) is 30.2. The standard InChI is InChI=1S/C50H41N/c1-2-3-12-33-21-25-38(26-22-33)51-49-27-23-36(45-29-34-13-4-6-15-39(34)41-17-8-10-19-43(41)45)31-47(49)48-32-37(24-28-50(48)51)46-30-35-14-5-7-16-40(35)42-18-9-11-20-44(42)46/h4-11,13-30,36-37H,2-3,12,31-32H2,1H3. The second-order valence-electron chi connectivity index (χ2n) is 14.6. The second kappa shape index (κ2) is 12.3. The normalized spacial score (nSPS) is 16.6. The van der Waals surface area contributed by atoms with Gasteiger partial charge in [0.1, 0.15) is 0 Å². The second-order valence-corrected chi connectivity index (χ2v) is 14.6. The van der Waals surface area contributed by atoms with Crippen molar-refractivity contribution in [1.82, 2.24) is 4.57 Å². The van der Waals surface area contributed by atoms with Crippen LogP contribution in [0.5, 0.6) is 0 Å². The zero-order valence-electron chi connectivity index (χ0n) is 29.1. The molecule has 0 saturated carbocycles. The van der Waals surface area contributed by atoms with Crippen molar-refractivity contribution in [2.45, 2.75) is 50.9 Å². The molecular formula is C50H41N. The fraction of sp³-hybridized carbons (Fsp3) is 0.160. The fourth-order valence-electron chi connectivity index (χ4n) is 9.18. The van der Waals surface area contributed by atoms with E-state index < -0.39 is 0 Å². The summed E-state index contributed by atoms with van der Waals surface area (Å²) in [5.41, 5.74) is 11.2. The topological polar surface area (TPSA) is 4.93 Å². The van der Waals surface area contributed by atoms with Crippen molar-refractivity contribution in [3.05, 3.63) is 185 Å². The third kappa shape index (κ3) is 4.98. The first-order chi connectivity index (χ1) is 25.2. The van der Waals surface area contributed by atoms with Crippen LogP contribution in [0.2, 0.25) is 0 Å². The molecule has 0 radical (unpaired) electrons. The van der Waals surface area contributed by atoms with E-state index in [4.69, 9.17) is 0 Å². The lowest BCUT2D eigenvalue weighted by Crippen LogP contribution is -2.10. The minimum absolute atomic E-state index is 0.300. The monoisotopic (exact) mass is 655 g/mol. The molecule has 0 saturated heterocycles. The van der Waals surface area contributed by atoms with Gasteiger partial charge in [0.25, 0.3) is 0 Å². The Hall–Kier alpha value is -5.66. The minimum atomic E-state index is 0.300. The fourth-order valence-corrected chi connectivity index (χ4v) is 9.18. The first-order valence-corrected chi connectivity index (χ1v) is 18.8. The molecule has 1 heterocycles. The van der Waals surface area contributed by atoms with Gasteiger partial charge in [-0.3, -0.25) is 0 Å². The van der Waals surface area contributed by atoms with Gasteiger partial charge in [-0.15, -0.1) is 0 Å². The number of unbranched alkanes of at least 4 members (excludes halogenated alkanes) is 1. The molecule has 1 heteroatoms. The van der Waals surface area contributed by atoms with Gasteiger partial charge in [-0.05, 0) is 133 Å². The first-order valence-electron chi connectivity index (χ1n) is 18.8. The van der Waals surface area contributed by atoms with Crippen LogP contribution in [-0.4, -0.2) is 4.57 Å². The van der Waals surface area contributed by atoms with E-state index in [2.05, 4.69) is 169 Å². The number of aryl methyl sites for hydroxylation is 1. The van der Waals surface area contributed by atoms with Crippen LogP contribution in [0.15, 0.2) is 146 Å². The summed E-state index contributed by atoms with van der Waals surface area (Å²) in [5, 5.41) is 10.7. The third-order valence-corrected chi connectivity index (χ3v) is 11.7. The highest BCUT2D eigenvalue weighted by Crippen LogP contribution is 2.45. The summed E-state index contributed by atoms with van der Waals surface area (Å²) >= 11 is 0. The van der Waals surface area contributed by atoms with E-state index in [9.17, 15) is 0 Å². The number of aromatic nitrogens is 1. The summed E-state index contributed by atoms with van der Waals surface area (Å²) in [7, 11) is 0. The molecule has 246 valence electrons. The van der Waals surface area contributed by atoms with Crippen molar-refractivity contribution in [2.75, 3.05) is 0 Å².